The Morgan fingerprint density at radius 2 is 2.32 bits per heavy atom. The molecule has 1 atom stereocenters. The molecule has 1 fully saturated rings. The van der Waals surface area contributed by atoms with Crippen LogP contribution in [0.4, 0.5) is 4.39 Å². The van der Waals surface area contributed by atoms with E-state index >= 15 is 0 Å². The van der Waals surface area contributed by atoms with E-state index in [1.165, 1.54) is 6.07 Å². The predicted molar refractivity (Wildman–Crippen MR) is 70.3 cm³/mol. The Kier molecular flexibility index (Phi) is 5.30. The maximum atomic E-state index is 13.3. The summed E-state index contributed by atoms with van der Waals surface area (Å²) in [5.74, 6) is -0.251. The molecule has 1 aromatic rings. The fourth-order valence-corrected chi connectivity index (χ4v) is 2.08. The highest BCUT2D eigenvalue weighted by Gasteiger charge is 2.16. The number of nitrogens with one attached hydrogen (secondary N) is 2. The van der Waals surface area contributed by atoms with Gasteiger partial charge in [-0.25, -0.2) is 4.39 Å². The average Bonchev–Trinajstić information content (AvgIpc) is 2.42. The monoisotopic (exact) mass is 266 g/mol. The van der Waals surface area contributed by atoms with Crippen LogP contribution in [-0.2, 0) is 16.0 Å². The summed E-state index contributed by atoms with van der Waals surface area (Å²) in [6.07, 6.45) is 0.907. The van der Waals surface area contributed by atoms with Crippen LogP contribution in [0.5, 0.6) is 0 Å². The molecule has 1 aliphatic rings. The van der Waals surface area contributed by atoms with Crippen LogP contribution in [0.25, 0.3) is 0 Å². The summed E-state index contributed by atoms with van der Waals surface area (Å²) in [5.41, 5.74) is 0.627. The smallest absolute Gasteiger partial charge is 0.221 e. The zero-order valence-electron chi connectivity index (χ0n) is 10.8. The lowest BCUT2D eigenvalue weighted by molar-refractivity contribution is -0.122. The normalized spacial score (nSPS) is 19.1. The van der Waals surface area contributed by atoms with Crippen molar-refractivity contribution in [3.8, 4) is 0 Å². The van der Waals surface area contributed by atoms with Crippen molar-refractivity contribution in [3.63, 3.8) is 0 Å². The summed E-state index contributed by atoms with van der Waals surface area (Å²) in [7, 11) is 0. The first-order valence-electron chi connectivity index (χ1n) is 6.57. The van der Waals surface area contributed by atoms with Gasteiger partial charge in [0.25, 0.3) is 0 Å². The summed E-state index contributed by atoms with van der Waals surface area (Å²) < 4.78 is 18.6. The minimum atomic E-state index is -0.223. The maximum absolute atomic E-state index is 13.3. The molecule has 2 rings (SSSR count). The van der Waals surface area contributed by atoms with Crippen LogP contribution in [0.15, 0.2) is 24.3 Å². The van der Waals surface area contributed by atoms with E-state index in [0.717, 1.165) is 6.54 Å². The van der Waals surface area contributed by atoms with E-state index in [1.54, 1.807) is 18.2 Å². The lowest BCUT2D eigenvalue weighted by Crippen LogP contribution is -2.44. The fourth-order valence-electron chi connectivity index (χ4n) is 2.08. The van der Waals surface area contributed by atoms with Crippen molar-refractivity contribution in [1.82, 2.24) is 10.6 Å². The van der Waals surface area contributed by atoms with E-state index in [-0.39, 0.29) is 17.8 Å². The van der Waals surface area contributed by atoms with Gasteiger partial charge >= 0.3 is 0 Å². The van der Waals surface area contributed by atoms with Gasteiger partial charge in [0.1, 0.15) is 5.82 Å². The van der Waals surface area contributed by atoms with Crippen molar-refractivity contribution >= 4 is 5.91 Å². The lowest BCUT2D eigenvalue weighted by atomic mass is 10.1. The number of ether oxygens (including phenoxy) is 1. The van der Waals surface area contributed by atoms with Gasteiger partial charge in [-0.1, -0.05) is 18.2 Å². The number of benzene rings is 1. The van der Waals surface area contributed by atoms with Crippen molar-refractivity contribution < 1.29 is 13.9 Å². The molecule has 1 amide bonds. The molecule has 1 aliphatic heterocycles. The standard InChI is InChI=1S/C14H19FN2O2/c15-13-4-2-1-3-11(13)5-6-17-14(18)9-12-10-19-8-7-16-12/h1-4,12,16H,5-10H2,(H,17,18). The first-order valence-corrected chi connectivity index (χ1v) is 6.57. The molecule has 1 saturated heterocycles. The summed E-state index contributed by atoms with van der Waals surface area (Å²) >= 11 is 0. The Morgan fingerprint density at radius 1 is 1.47 bits per heavy atom. The molecule has 5 heteroatoms. The minimum Gasteiger partial charge on any atom is -0.378 e. The molecule has 19 heavy (non-hydrogen) atoms. The van der Waals surface area contributed by atoms with Gasteiger partial charge in [-0.15, -0.1) is 0 Å². The Morgan fingerprint density at radius 3 is 3.05 bits per heavy atom. The first-order chi connectivity index (χ1) is 9.25. The molecular formula is C14H19FN2O2. The number of hydrogen-bond donors (Lipinski definition) is 2. The van der Waals surface area contributed by atoms with Crippen LogP contribution in [0.2, 0.25) is 0 Å². The molecule has 1 aromatic carbocycles. The third kappa shape index (κ3) is 4.61. The van der Waals surface area contributed by atoms with E-state index in [4.69, 9.17) is 4.74 Å². The van der Waals surface area contributed by atoms with Gasteiger partial charge in [0.2, 0.25) is 5.91 Å². The quantitative estimate of drug-likeness (QED) is 0.831. The van der Waals surface area contributed by atoms with E-state index in [1.807, 2.05) is 0 Å². The minimum absolute atomic E-state index is 0.0284. The van der Waals surface area contributed by atoms with Crippen LogP contribution in [0, 0.1) is 5.82 Å². The van der Waals surface area contributed by atoms with Crippen molar-refractivity contribution in [2.45, 2.75) is 18.9 Å². The average molecular weight is 266 g/mol. The number of carbonyl (C=O) groups excluding carboxylic acids is 1. The second-order valence-corrected chi connectivity index (χ2v) is 4.62. The molecule has 0 spiro atoms. The lowest BCUT2D eigenvalue weighted by Gasteiger charge is -2.23. The van der Waals surface area contributed by atoms with Gasteiger partial charge in [0.15, 0.2) is 0 Å². The molecule has 1 heterocycles. The zero-order chi connectivity index (χ0) is 13.5. The topological polar surface area (TPSA) is 50.4 Å². The Hall–Kier alpha value is -1.46. The molecule has 0 saturated carbocycles. The van der Waals surface area contributed by atoms with Gasteiger partial charge < -0.3 is 15.4 Å². The summed E-state index contributed by atoms with van der Waals surface area (Å²) in [4.78, 5) is 11.7. The van der Waals surface area contributed by atoms with E-state index in [2.05, 4.69) is 10.6 Å². The summed E-state index contributed by atoms with van der Waals surface area (Å²) in [6.45, 7) is 2.51. The third-order valence-electron chi connectivity index (χ3n) is 3.10. The Balaban J connectivity index is 1.67. The number of rotatable bonds is 5. The van der Waals surface area contributed by atoms with Crippen molar-refractivity contribution in [2.75, 3.05) is 26.3 Å². The van der Waals surface area contributed by atoms with Crippen LogP contribution >= 0.6 is 0 Å². The van der Waals surface area contributed by atoms with E-state index in [0.29, 0.717) is 38.2 Å². The highest BCUT2D eigenvalue weighted by Crippen LogP contribution is 2.06. The van der Waals surface area contributed by atoms with Crippen molar-refractivity contribution in [3.05, 3.63) is 35.6 Å². The number of morpholine rings is 1. The molecule has 4 nitrogen and oxygen atoms in total. The molecule has 0 bridgehead atoms. The van der Waals surface area contributed by atoms with Crippen LogP contribution in [0.1, 0.15) is 12.0 Å². The maximum Gasteiger partial charge on any atom is 0.221 e. The van der Waals surface area contributed by atoms with E-state index < -0.39 is 0 Å². The predicted octanol–water partition coefficient (Wildman–Crippen LogP) is 0.863. The third-order valence-corrected chi connectivity index (χ3v) is 3.10. The Bertz CT molecular complexity index is 420. The SMILES string of the molecule is O=C(CC1COCCN1)NCCc1ccccc1F. The van der Waals surface area contributed by atoms with Gasteiger partial charge in [0.05, 0.1) is 13.2 Å². The largest absolute Gasteiger partial charge is 0.378 e. The number of hydrogen-bond acceptors (Lipinski definition) is 3. The first kappa shape index (κ1) is 14.0. The molecule has 0 aliphatic carbocycles. The van der Waals surface area contributed by atoms with E-state index in [9.17, 15) is 9.18 Å². The number of amides is 1. The van der Waals surface area contributed by atoms with Gasteiger partial charge in [-0.3, -0.25) is 4.79 Å². The van der Waals surface area contributed by atoms with Crippen molar-refractivity contribution in [2.24, 2.45) is 0 Å². The van der Waals surface area contributed by atoms with Crippen LogP contribution in [-0.4, -0.2) is 38.3 Å². The summed E-state index contributed by atoms with van der Waals surface area (Å²) in [5, 5.41) is 6.03. The molecule has 2 N–H and O–H groups in total. The van der Waals surface area contributed by atoms with Gasteiger partial charge in [-0.2, -0.15) is 0 Å². The molecule has 0 aromatic heterocycles. The second-order valence-electron chi connectivity index (χ2n) is 4.62. The highest BCUT2D eigenvalue weighted by atomic mass is 19.1. The zero-order valence-corrected chi connectivity index (χ0v) is 10.8. The van der Waals surface area contributed by atoms with Crippen LogP contribution in [0.3, 0.4) is 0 Å². The van der Waals surface area contributed by atoms with Gasteiger partial charge in [0, 0.05) is 25.6 Å². The second kappa shape index (κ2) is 7.21. The summed E-state index contributed by atoms with van der Waals surface area (Å²) in [6, 6.07) is 6.70. The molecule has 1 unspecified atom stereocenters. The van der Waals surface area contributed by atoms with Crippen molar-refractivity contribution in [1.29, 1.82) is 0 Å². The Labute approximate surface area is 112 Å². The highest BCUT2D eigenvalue weighted by molar-refractivity contribution is 5.76. The molecule has 104 valence electrons. The molecular weight excluding hydrogens is 247 g/mol. The fraction of sp³-hybridized carbons (Fsp3) is 0.500. The number of halogens is 1. The van der Waals surface area contributed by atoms with Gasteiger partial charge in [-0.05, 0) is 18.1 Å². The molecule has 0 radical (unpaired) electrons. The number of carbonyl (C=O) groups is 1. The van der Waals surface area contributed by atoms with Crippen LogP contribution < -0.4 is 10.6 Å².